The van der Waals surface area contributed by atoms with Crippen molar-refractivity contribution in [2.45, 2.75) is 50.6 Å². The average molecular weight is 658 g/mol. The number of benzene rings is 4. The smallest absolute Gasteiger partial charge is 0.264 e. The van der Waals surface area contributed by atoms with Gasteiger partial charge < -0.3 is 19.7 Å². The van der Waals surface area contributed by atoms with Crippen LogP contribution in [0.25, 0.3) is 0 Å². The molecule has 0 bridgehead atoms. The number of anilines is 1. The Hall–Kier alpha value is -4.83. The first kappa shape index (κ1) is 35.0. The molecule has 10 heteroatoms. The summed E-state index contributed by atoms with van der Waals surface area (Å²) in [7, 11) is -2.65. The molecule has 0 saturated carbocycles. The molecule has 0 aromatic heterocycles. The standard InChI is InChI=1S/C37H43N3O6S/c1-4-6-24-38-37(42)35(26-29-14-9-7-10-15-29)39(27-30-16-13-19-33(25-30)45-3)36(41)28-40(31-17-11-8-12-18-31)47(43,44)34-22-20-32(21-23-34)46-5-2/h7-23,25,35H,4-6,24,26-28H2,1-3H3,(H,38,42)/t35-/m0/s1. The van der Waals surface area contributed by atoms with E-state index in [1.807, 2.05) is 56.3 Å². The Morgan fingerprint density at radius 2 is 1.47 bits per heavy atom. The minimum atomic E-state index is -4.21. The van der Waals surface area contributed by atoms with Gasteiger partial charge in [-0.25, -0.2) is 8.42 Å². The molecule has 0 heterocycles. The highest BCUT2D eigenvalue weighted by molar-refractivity contribution is 7.92. The lowest BCUT2D eigenvalue weighted by molar-refractivity contribution is -0.140. The predicted octanol–water partition coefficient (Wildman–Crippen LogP) is 5.85. The van der Waals surface area contributed by atoms with Gasteiger partial charge in [0.05, 0.1) is 24.3 Å². The van der Waals surface area contributed by atoms with Crippen LogP contribution in [0.2, 0.25) is 0 Å². The molecule has 0 fully saturated rings. The third-order valence-electron chi connectivity index (χ3n) is 7.63. The molecule has 1 atom stereocenters. The monoisotopic (exact) mass is 657 g/mol. The summed E-state index contributed by atoms with van der Waals surface area (Å²) in [6, 6.07) is 30.4. The lowest BCUT2D eigenvalue weighted by Crippen LogP contribution is -2.53. The number of nitrogens with one attached hydrogen (secondary N) is 1. The summed E-state index contributed by atoms with van der Waals surface area (Å²) in [5, 5.41) is 3.00. The molecule has 4 rings (SSSR count). The van der Waals surface area contributed by atoms with Crippen molar-refractivity contribution in [1.29, 1.82) is 0 Å². The molecular weight excluding hydrogens is 614 g/mol. The highest BCUT2D eigenvalue weighted by Gasteiger charge is 2.34. The van der Waals surface area contributed by atoms with Gasteiger partial charge in [0.25, 0.3) is 10.0 Å². The van der Waals surface area contributed by atoms with Gasteiger partial charge >= 0.3 is 0 Å². The lowest BCUT2D eigenvalue weighted by Gasteiger charge is -2.34. The van der Waals surface area contributed by atoms with Crippen LogP contribution in [-0.2, 0) is 32.6 Å². The molecule has 9 nitrogen and oxygen atoms in total. The summed E-state index contributed by atoms with van der Waals surface area (Å²) in [5.74, 6) is 0.305. The highest BCUT2D eigenvalue weighted by Crippen LogP contribution is 2.26. The molecule has 1 N–H and O–H groups in total. The van der Waals surface area contributed by atoms with E-state index in [1.165, 1.54) is 17.0 Å². The lowest BCUT2D eigenvalue weighted by atomic mass is 10.0. The van der Waals surface area contributed by atoms with Crippen molar-refractivity contribution in [2.24, 2.45) is 0 Å². The molecule has 248 valence electrons. The van der Waals surface area contributed by atoms with Crippen molar-refractivity contribution < 1.29 is 27.5 Å². The SMILES string of the molecule is CCCCNC(=O)[C@H](Cc1ccccc1)N(Cc1cccc(OC)c1)C(=O)CN(c1ccccc1)S(=O)(=O)c1ccc(OCC)cc1. The van der Waals surface area contributed by atoms with Gasteiger partial charge in [0.2, 0.25) is 11.8 Å². The van der Waals surface area contributed by atoms with Crippen LogP contribution >= 0.6 is 0 Å². The van der Waals surface area contributed by atoms with Crippen molar-refractivity contribution in [2.75, 3.05) is 31.1 Å². The molecule has 0 aliphatic carbocycles. The average Bonchev–Trinajstić information content (AvgIpc) is 3.10. The maximum atomic E-state index is 14.6. The zero-order chi connectivity index (χ0) is 33.6. The predicted molar refractivity (Wildman–Crippen MR) is 184 cm³/mol. The number of unbranched alkanes of at least 4 members (excludes halogenated alkanes) is 1. The number of nitrogens with zero attached hydrogens (tertiary/aromatic N) is 2. The molecule has 0 saturated heterocycles. The zero-order valence-corrected chi connectivity index (χ0v) is 28.0. The highest BCUT2D eigenvalue weighted by atomic mass is 32.2. The molecule has 0 aliphatic heterocycles. The van der Waals surface area contributed by atoms with Crippen LogP contribution in [0.1, 0.15) is 37.8 Å². The summed E-state index contributed by atoms with van der Waals surface area (Å²) in [6.45, 7) is 4.31. The number of sulfonamides is 1. The number of hydrogen-bond donors (Lipinski definition) is 1. The summed E-state index contributed by atoms with van der Waals surface area (Å²) in [5.41, 5.74) is 1.93. The molecule has 4 aromatic carbocycles. The quantitative estimate of drug-likeness (QED) is 0.143. The molecular formula is C37H43N3O6S. The number of carbonyl (C=O) groups excluding carboxylic acids is 2. The van der Waals surface area contributed by atoms with E-state index < -0.39 is 28.5 Å². The Balaban J connectivity index is 1.77. The minimum absolute atomic E-state index is 0.00935. The second-order valence-corrected chi connectivity index (χ2v) is 12.8. The van der Waals surface area contributed by atoms with Crippen LogP contribution in [-0.4, -0.2) is 58.0 Å². The van der Waals surface area contributed by atoms with Crippen LogP contribution in [0.4, 0.5) is 5.69 Å². The maximum absolute atomic E-state index is 14.6. The van der Waals surface area contributed by atoms with Crippen LogP contribution in [0.15, 0.2) is 114 Å². The Labute approximate surface area is 278 Å². The van der Waals surface area contributed by atoms with Crippen LogP contribution in [0.3, 0.4) is 0 Å². The fourth-order valence-electron chi connectivity index (χ4n) is 5.15. The summed E-state index contributed by atoms with van der Waals surface area (Å²) in [6.07, 6.45) is 1.92. The molecule has 0 spiro atoms. The van der Waals surface area contributed by atoms with Crippen molar-refractivity contribution in [3.63, 3.8) is 0 Å². The number of amides is 2. The fourth-order valence-corrected chi connectivity index (χ4v) is 6.57. The second kappa shape index (κ2) is 17.2. The van der Waals surface area contributed by atoms with E-state index in [9.17, 15) is 18.0 Å². The van der Waals surface area contributed by atoms with E-state index in [-0.39, 0.29) is 23.8 Å². The Morgan fingerprint density at radius 3 is 2.11 bits per heavy atom. The van der Waals surface area contributed by atoms with E-state index in [0.717, 1.165) is 28.3 Å². The summed E-state index contributed by atoms with van der Waals surface area (Å²) in [4.78, 5) is 29.9. The van der Waals surface area contributed by atoms with Crippen molar-refractivity contribution in [3.05, 3.63) is 120 Å². The summed E-state index contributed by atoms with van der Waals surface area (Å²) >= 11 is 0. The number of carbonyl (C=O) groups is 2. The van der Waals surface area contributed by atoms with Gasteiger partial charge in [0.1, 0.15) is 24.1 Å². The Morgan fingerprint density at radius 1 is 0.809 bits per heavy atom. The molecule has 0 aliphatic rings. The molecule has 2 amide bonds. The number of methoxy groups -OCH3 is 1. The fraction of sp³-hybridized carbons (Fsp3) is 0.297. The Kier molecular flexibility index (Phi) is 12.8. The minimum Gasteiger partial charge on any atom is -0.497 e. The number of hydrogen-bond acceptors (Lipinski definition) is 6. The second-order valence-electron chi connectivity index (χ2n) is 11.0. The first-order valence-electron chi connectivity index (χ1n) is 15.8. The molecule has 4 aromatic rings. The molecule has 0 unspecified atom stereocenters. The van der Waals surface area contributed by atoms with Gasteiger partial charge in [0.15, 0.2) is 0 Å². The largest absolute Gasteiger partial charge is 0.497 e. The maximum Gasteiger partial charge on any atom is 0.264 e. The van der Waals surface area contributed by atoms with Gasteiger partial charge in [-0.05, 0) is 73.0 Å². The van der Waals surface area contributed by atoms with Crippen molar-refractivity contribution in [3.8, 4) is 11.5 Å². The number of ether oxygens (including phenoxy) is 2. The normalized spacial score (nSPS) is 11.7. The third kappa shape index (κ3) is 9.59. The van der Waals surface area contributed by atoms with E-state index in [1.54, 1.807) is 61.7 Å². The first-order chi connectivity index (χ1) is 22.8. The van der Waals surface area contributed by atoms with E-state index in [2.05, 4.69) is 5.32 Å². The van der Waals surface area contributed by atoms with E-state index >= 15 is 0 Å². The van der Waals surface area contributed by atoms with Crippen LogP contribution in [0, 0.1) is 0 Å². The first-order valence-corrected chi connectivity index (χ1v) is 17.3. The number of para-hydroxylation sites is 1. The Bertz CT molecular complexity index is 1680. The van der Waals surface area contributed by atoms with E-state index in [4.69, 9.17) is 9.47 Å². The van der Waals surface area contributed by atoms with Crippen molar-refractivity contribution >= 4 is 27.5 Å². The van der Waals surface area contributed by atoms with Gasteiger partial charge in [-0.15, -0.1) is 0 Å². The van der Waals surface area contributed by atoms with Crippen LogP contribution in [0.5, 0.6) is 11.5 Å². The van der Waals surface area contributed by atoms with E-state index in [0.29, 0.717) is 30.3 Å². The summed E-state index contributed by atoms with van der Waals surface area (Å²) < 4.78 is 40.4. The molecule has 47 heavy (non-hydrogen) atoms. The van der Waals surface area contributed by atoms with Gasteiger partial charge in [0, 0.05) is 19.5 Å². The van der Waals surface area contributed by atoms with Crippen LogP contribution < -0.4 is 19.1 Å². The van der Waals surface area contributed by atoms with Gasteiger partial charge in [-0.2, -0.15) is 0 Å². The topological polar surface area (TPSA) is 105 Å². The molecule has 0 radical (unpaired) electrons. The third-order valence-corrected chi connectivity index (χ3v) is 9.42. The van der Waals surface area contributed by atoms with Crippen molar-refractivity contribution in [1.82, 2.24) is 10.2 Å². The zero-order valence-electron chi connectivity index (χ0n) is 27.2. The van der Waals surface area contributed by atoms with Gasteiger partial charge in [-0.3, -0.25) is 13.9 Å². The van der Waals surface area contributed by atoms with Gasteiger partial charge in [-0.1, -0.05) is 74.0 Å². The number of rotatable bonds is 17.